The van der Waals surface area contributed by atoms with Crippen molar-refractivity contribution in [2.24, 2.45) is 0 Å². The van der Waals surface area contributed by atoms with Gasteiger partial charge >= 0.3 is 0 Å². The Morgan fingerprint density at radius 2 is 2.12 bits per heavy atom. The van der Waals surface area contributed by atoms with E-state index in [9.17, 15) is 4.79 Å². The molecule has 1 amide bonds. The molecule has 1 aliphatic heterocycles. The third-order valence-electron chi connectivity index (χ3n) is 4.12. The van der Waals surface area contributed by atoms with E-state index in [4.69, 9.17) is 0 Å². The van der Waals surface area contributed by atoms with E-state index in [0.29, 0.717) is 6.54 Å². The molecule has 0 unspecified atom stereocenters. The van der Waals surface area contributed by atoms with E-state index in [-0.39, 0.29) is 36.8 Å². The Kier molecular flexibility index (Phi) is 8.36. The first-order chi connectivity index (χ1) is 10.7. The number of amides is 1. The number of benzene rings is 1. The van der Waals surface area contributed by atoms with E-state index in [0.717, 1.165) is 42.2 Å². The van der Waals surface area contributed by atoms with E-state index in [1.54, 1.807) is 11.8 Å². The van der Waals surface area contributed by atoms with Crippen molar-refractivity contribution in [1.29, 1.82) is 0 Å². The fraction of sp³-hybridized carbons (Fsp3) is 0.500. The lowest BCUT2D eigenvalue weighted by Crippen LogP contribution is -2.53. The maximum atomic E-state index is 12.7. The Morgan fingerprint density at radius 3 is 2.83 bits per heavy atom. The molecule has 1 saturated heterocycles. The first kappa shape index (κ1) is 21.1. The van der Waals surface area contributed by atoms with E-state index in [2.05, 4.69) is 28.0 Å². The van der Waals surface area contributed by atoms with Crippen LogP contribution >= 0.6 is 36.6 Å². The Bertz CT molecular complexity index is 679. The highest BCUT2D eigenvalue weighted by molar-refractivity contribution is 7.97. The van der Waals surface area contributed by atoms with Crippen LogP contribution in [0.15, 0.2) is 24.3 Å². The zero-order valence-electron chi connectivity index (χ0n) is 13.9. The minimum Gasteiger partial charge on any atom is -0.336 e. The summed E-state index contributed by atoms with van der Waals surface area (Å²) in [5.74, 6) is 1.98. The number of hydrogen-bond acceptors (Lipinski definition) is 4. The minimum absolute atomic E-state index is 0. The average molecular weight is 391 g/mol. The quantitative estimate of drug-likeness (QED) is 0.871. The molecule has 1 aromatic carbocycles. The molecule has 0 spiro atoms. The average Bonchev–Trinajstić information content (AvgIpc) is 2.86. The van der Waals surface area contributed by atoms with Crippen LogP contribution < -0.4 is 5.32 Å². The molecule has 1 aliphatic rings. The molecule has 2 aromatic rings. The van der Waals surface area contributed by atoms with Gasteiger partial charge in [-0.15, -0.1) is 24.8 Å². The van der Waals surface area contributed by atoms with Crippen molar-refractivity contribution < 1.29 is 4.79 Å². The molecular weight excluding hydrogens is 367 g/mol. The van der Waals surface area contributed by atoms with Gasteiger partial charge in [-0.3, -0.25) is 4.79 Å². The molecule has 1 aromatic heterocycles. The van der Waals surface area contributed by atoms with Crippen LogP contribution in [0.25, 0.3) is 11.0 Å². The fourth-order valence-electron chi connectivity index (χ4n) is 2.98. The van der Waals surface area contributed by atoms with Crippen LogP contribution in [-0.2, 0) is 17.1 Å². The number of nitrogens with one attached hydrogen (secondary N) is 1. The molecule has 0 radical (unpaired) electrons. The summed E-state index contributed by atoms with van der Waals surface area (Å²) < 4.78 is 2.07. The maximum Gasteiger partial charge on any atom is 0.242 e. The summed E-state index contributed by atoms with van der Waals surface area (Å²) in [5.41, 5.74) is 2.01. The number of fused-ring (bicyclic) bond motifs is 1. The van der Waals surface area contributed by atoms with E-state index >= 15 is 0 Å². The Hall–Kier alpha value is -0.950. The van der Waals surface area contributed by atoms with Crippen molar-refractivity contribution in [1.82, 2.24) is 19.8 Å². The number of hydrogen-bond donors (Lipinski definition) is 1. The molecule has 2 heterocycles. The fourth-order valence-corrected chi connectivity index (χ4v) is 3.46. The SMILES string of the molecule is CSCc1nc2ccccc2n1CC(=O)N1CCNC[C@H]1C.Cl.Cl. The van der Waals surface area contributed by atoms with Gasteiger partial charge < -0.3 is 14.8 Å². The molecule has 0 saturated carbocycles. The Labute approximate surface area is 159 Å². The molecular formula is C16H24Cl2N4OS. The lowest BCUT2D eigenvalue weighted by atomic mass is 10.2. The largest absolute Gasteiger partial charge is 0.336 e. The molecule has 5 nitrogen and oxygen atoms in total. The number of thioether (sulfide) groups is 1. The van der Waals surface area contributed by atoms with Gasteiger partial charge in [0.05, 0.1) is 16.8 Å². The highest BCUT2D eigenvalue weighted by Crippen LogP contribution is 2.19. The van der Waals surface area contributed by atoms with Gasteiger partial charge in [-0.1, -0.05) is 12.1 Å². The third-order valence-corrected chi connectivity index (χ3v) is 4.67. The molecule has 1 fully saturated rings. The summed E-state index contributed by atoms with van der Waals surface area (Å²) in [6.45, 7) is 5.00. The number of aromatic nitrogens is 2. The summed E-state index contributed by atoms with van der Waals surface area (Å²) >= 11 is 1.73. The summed E-state index contributed by atoms with van der Waals surface area (Å²) in [4.78, 5) is 19.4. The highest BCUT2D eigenvalue weighted by atomic mass is 35.5. The summed E-state index contributed by atoms with van der Waals surface area (Å²) in [5, 5.41) is 3.32. The van der Waals surface area contributed by atoms with Crippen LogP contribution in [-0.4, -0.2) is 52.3 Å². The zero-order chi connectivity index (χ0) is 15.5. The van der Waals surface area contributed by atoms with Crippen LogP contribution in [0.5, 0.6) is 0 Å². The van der Waals surface area contributed by atoms with Crippen LogP contribution in [0.2, 0.25) is 0 Å². The normalized spacial score (nSPS) is 17.2. The predicted molar refractivity (Wildman–Crippen MR) is 105 cm³/mol. The third kappa shape index (κ3) is 4.36. The minimum atomic E-state index is 0. The summed E-state index contributed by atoms with van der Waals surface area (Å²) in [7, 11) is 0. The van der Waals surface area contributed by atoms with Crippen LogP contribution in [0.1, 0.15) is 12.7 Å². The molecule has 1 N–H and O–H groups in total. The molecule has 134 valence electrons. The molecule has 1 atom stereocenters. The second-order valence-corrected chi connectivity index (χ2v) is 6.54. The lowest BCUT2D eigenvalue weighted by Gasteiger charge is -2.34. The number of carbonyl (C=O) groups excluding carboxylic acids is 1. The van der Waals surface area contributed by atoms with Gasteiger partial charge in [0.15, 0.2) is 0 Å². The van der Waals surface area contributed by atoms with Gasteiger partial charge in [0, 0.05) is 25.7 Å². The lowest BCUT2D eigenvalue weighted by molar-refractivity contribution is -0.134. The monoisotopic (exact) mass is 390 g/mol. The topological polar surface area (TPSA) is 50.2 Å². The van der Waals surface area contributed by atoms with E-state index < -0.39 is 0 Å². The van der Waals surface area contributed by atoms with Crippen molar-refractivity contribution in [3.05, 3.63) is 30.1 Å². The second-order valence-electron chi connectivity index (χ2n) is 5.68. The first-order valence-electron chi connectivity index (χ1n) is 7.64. The zero-order valence-corrected chi connectivity index (χ0v) is 16.3. The standard InChI is InChI=1S/C16H22N4OS.2ClH/c1-12-9-17-7-8-19(12)16(21)10-20-14-6-4-3-5-13(14)18-15(20)11-22-2;;/h3-6,12,17H,7-11H2,1-2H3;2*1H/t12-;;/m1../s1. The molecule has 24 heavy (non-hydrogen) atoms. The van der Waals surface area contributed by atoms with Gasteiger partial charge in [-0.25, -0.2) is 4.98 Å². The van der Waals surface area contributed by atoms with Crippen LogP contribution in [0.4, 0.5) is 0 Å². The smallest absolute Gasteiger partial charge is 0.242 e. The molecule has 8 heteroatoms. The van der Waals surface area contributed by atoms with Crippen molar-refractivity contribution in [2.45, 2.75) is 25.3 Å². The molecule has 0 bridgehead atoms. The summed E-state index contributed by atoms with van der Waals surface area (Å²) in [6, 6.07) is 8.29. The Morgan fingerprint density at radius 1 is 1.38 bits per heavy atom. The van der Waals surface area contributed by atoms with E-state index in [1.165, 1.54) is 0 Å². The van der Waals surface area contributed by atoms with Gasteiger partial charge in [0.1, 0.15) is 12.4 Å². The van der Waals surface area contributed by atoms with Crippen molar-refractivity contribution in [3.63, 3.8) is 0 Å². The molecule has 0 aliphatic carbocycles. The summed E-state index contributed by atoms with van der Waals surface area (Å²) in [6.07, 6.45) is 2.06. The number of imidazole rings is 1. The van der Waals surface area contributed by atoms with Crippen molar-refractivity contribution in [3.8, 4) is 0 Å². The molecule has 3 rings (SSSR count). The highest BCUT2D eigenvalue weighted by Gasteiger charge is 2.24. The van der Waals surface area contributed by atoms with Crippen molar-refractivity contribution in [2.75, 3.05) is 25.9 Å². The van der Waals surface area contributed by atoms with Gasteiger partial charge in [-0.05, 0) is 25.3 Å². The number of piperazine rings is 1. The van der Waals surface area contributed by atoms with Crippen LogP contribution in [0.3, 0.4) is 0 Å². The number of para-hydroxylation sites is 2. The maximum absolute atomic E-state index is 12.7. The predicted octanol–water partition coefficient (Wildman–Crippen LogP) is 2.56. The van der Waals surface area contributed by atoms with Crippen molar-refractivity contribution >= 4 is 53.5 Å². The number of halogens is 2. The number of rotatable bonds is 4. The number of carbonyl (C=O) groups is 1. The van der Waals surface area contributed by atoms with Gasteiger partial charge in [-0.2, -0.15) is 11.8 Å². The Balaban J connectivity index is 0.00000144. The first-order valence-corrected chi connectivity index (χ1v) is 9.03. The number of nitrogens with zero attached hydrogens (tertiary/aromatic N) is 3. The van der Waals surface area contributed by atoms with E-state index in [1.807, 2.05) is 29.2 Å². The van der Waals surface area contributed by atoms with Gasteiger partial charge in [0.2, 0.25) is 5.91 Å². The van der Waals surface area contributed by atoms with Crippen LogP contribution in [0, 0.1) is 0 Å². The van der Waals surface area contributed by atoms with Gasteiger partial charge in [0.25, 0.3) is 0 Å². The second kappa shape index (κ2) is 9.51.